The van der Waals surface area contributed by atoms with Gasteiger partial charge in [0.05, 0.1) is 6.61 Å². The van der Waals surface area contributed by atoms with Gasteiger partial charge in [-0.3, -0.25) is 4.18 Å². The Morgan fingerprint density at radius 1 is 0.818 bits per heavy atom. The summed E-state index contributed by atoms with van der Waals surface area (Å²) >= 11 is 0. The van der Waals surface area contributed by atoms with Crippen molar-refractivity contribution in [2.24, 2.45) is 5.92 Å². The standard InChI is InChI=1S/C17H36O4S/c1-3-4-5-6-7-8-9-10-11-12-13-14-17(2)15-16-21-22(18,19)20/h17H,3-16H2,1-2H3,(H,18,19,20)/p-1. The van der Waals surface area contributed by atoms with Gasteiger partial charge < -0.3 is 4.55 Å². The molecular formula is C17H35O4S-. The van der Waals surface area contributed by atoms with Crippen LogP contribution in [0.4, 0.5) is 0 Å². The topological polar surface area (TPSA) is 66.4 Å². The van der Waals surface area contributed by atoms with Crippen LogP contribution in [0.5, 0.6) is 0 Å². The Bertz CT molecular complexity index is 328. The normalized spacial score (nSPS) is 13.4. The number of unbranched alkanes of at least 4 members (excludes halogenated alkanes) is 10. The molecule has 1 atom stereocenters. The SMILES string of the molecule is CCCCCCCCCCCCCC(C)CCOS(=O)(=O)[O-]. The Balaban J connectivity index is 3.22. The van der Waals surface area contributed by atoms with Gasteiger partial charge in [-0.25, -0.2) is 8.42 Å². The molecular weight excluding hydrogens is 300 g/mol. The first kappa shape index (κ1) is 21.9. The van der Waals surface area contributed by atoms with E-state index in [-0.39, 0.29) is 6.61 Å². The van der Waals surface area contributed by atoms with Crippen LogP contribution < -0.4 is 0 Å². The van der Waals surface area contributed by atoms with E-state index in [0.29, 0.717) is 12.3 Å². The smallest absolute Gasteiger partial charge is 0.217 e. The maximum Gasteiger partial charge on any atom is 0.217 e. The first-order valence-electron chi connectivity index (χ1n) is 9.06. The lowest BCUT2D eigenvalue weighted by Crippen LogP contribution is -2.08. The van der Waals surface area contributed by atoms with Gasteiger partial charge in [-0.2, -0.15) is 0 Å². The van der Waals surface area contributed by atoms with Crippen LogP contribution in [0.1, 0.15) is 97.3 Å². The first-order chi connectivity index (χ1) is 10.5. The second-order valence-electron chi connectivity index (χ2n) is 6.45. The van der Waals surface area contributed by atoms with Gasteiger partial charge in [-0.05, 0) is 12.3 Å². The van der Waals surface area contributed by atoms with Crippen molar-refractivity contribution in [1.82, 2.24) is 0 Å². The Hall–Kier alpha value is -0.130. The van der Waals surface area contributed by atoms with E-state index in [1.165, 1.54) is 70.6 Å². The Morgan fingerprint density at radius 3 is 1.73 bits per heavy atom. The average Bonchev–Trinajstić information content (AvgIpc) is 2.43. The summed E-state index contributed by atoms with van der Waals surface area (Å²) < 4.78 is 35.1. The monoisotopic (exact) mass is 335 g/mol. The van der Waals surface area contributed by atoms with Crippen molar-refractivity contribution in [2.45, 2.75) is 97.3 Å². The Labute approximate surface area is 138 Å². The van der Waals surface area contributed by atoms with Crippen molar-refractivity contribution in [3.8, 4) is 0 Å². The third-order valence-electron chi connectivity index (χ3n) is 4.14. The van der Waals surface area contributed by atoms with Gasteiger partial charge in [0.1, 0.15) is 0 Å². The quantitative estimate of drug-likeness (QED) is 0.221. The highest BCUT2D eigenvalue weighted by molar-refractivity contribution is 7.80. The Morgan fingerprint density at radius 2 is 1.27 bits per heavy atom. The first-order valence-corrected chi connectivity index (χ1v) is 10.4. The van der Waals surface area contributed by atoms with E-state index in [2.05, 4.69) is 18.0 Å². The minimum Gasteiger partial charge on any atom is -0.726 e. The van der Waals surface area contributed by atoms with Crippen molar-refractivity contribution < 1.29 is 17.2 Å². The van der Waals surface area contributed by atoms with Gasteiger partial charge in [0.25, 0.3) is 0 Å². The van der Waals surface area contributed by atoms with Crippen LogP contribution in [0.15, 0.2) is 0 Å². The molecule has 0 rings (SSSR count). The predicted molar refractivity (Wildman–Crippen MR) is 90.5 cm³/mol. The zero-order valence-corrected chi connectivity index (χ0v) is 15.3. The van der Waals surface area contributed by atoms with Gasteiger partial charge in [-0.15, -0.1) is 0 Å². The molecule has 0 spiro atoms. The van der Waals surface area contributed by atoms with Gasteiger partial charge in [0.15, 0.2) is 0 Å². The lowest BCUT2D eigenvalue weighted by molar-refractivity contribution is 0.239. The van der Waals surface area contributed by atoms with Gasteiger partial charge in [0.2, 0.25) is 10.4 Å². The van der Waals surface area contributed by atoms with E-state index in [1.54, 1.807) is 0 Å². The minimum absolute atomic E-state index is 0.0189. The van der Waals surface area contributed by atoms with Crippen molar-refractivity contribution in [3.05, 3.63) is 0 Å². The summed E-state index contributed by atoms with van der Waals surface area (Å²) in [5.74, 6) is 0.417. The second-order valence-corrected chi connectivity index (χ2v) is 7.50. The van der Waals surface area contributed by atoms with Crippen LogP contribution in [0.25, 0.3) is 0 Å². The van der Waals surface area contributed by atoms with E-state index in [4.69, 9.17) is 0 Å². The fourth-order valence-electron chi connectivity index (χ4n) is 2.65. The largest absolute Gasteiger partial charge is 0.726 e. The highest BCUT2D eigenvalue weighted by Gasteiger charge is 2.03. The summed E-state index contributed by atoms with van der Waals surface area (Å²) in [5.41, 5.74) is 0. The fraction of sp³-hybridized carbons (Fsp3) is 1.00. The number of rotatable bonds is 16. The highest BCUT2D eigenvalue weighted by atomic mass is 32.3. The molecule has 0 aromatic carbocycles. The van der Waals surface area contributed by atoms with Crippen molar-refractivity contribution >= 4 is 10.4 Å². The third-order valence-corrected chi connectivity index (χ3v) is 4.59. The lowest BCUT2D eigenvalue weighted by Gasteiger charge is -2.12. The average molecular weight is 336 g/mol. The maximum absolute atomic E-state index is 10.3. The highest BCUT2D eigenvalue weighted by Crippen LogP contribution is 2.16. The molecule has 5 heteroatoms. The van der Waals surface area contributed by atoms with Crippen molar-refractivity contribution in [1.29, 1.82) is 0 Å². The number of hydrogen-bond acceptors (Lipinski definition) is 4. The predicted octanol–water partition coefficient (Wildman–Crippen LogP) is 5.19. The maximum atomic E-state index is 10.3. The van der Waals surface area contributed by atoms with E-state index < -0.39 is 10.4 Å². The van der Waals surface area contributed by atoms with Gasteiger partial charge in [0, 0.05) is 0 Å². The summed E-state index contributed by atoms with van der Waals surface area (Å²) in [6, 6.07) is 0. The van der Waals surface area contributed by atoms with Crippen LogP contribution in [-0.4, -0.2) is 19.6 Å². The van der Waals surface area contributed by atoms with Crippen LogP contribution >= 0.6 is 0 Å². The molecule has 0 fully saturated rings. The molecule has 0 aromatic rings. The van der Waals surface area contributed by atoms with E-state index in [0.717, 1.165) is 6.42 Å². The van der Waals surface area contributed by atoms with Crippen molar-refractivity contribution in [3.63, 3.8) is 0 Å². The number of hydrogen-bond donors (Lipinski definition) is 0. The summed E-state index contributed by atoms with van der Waals surface area (Å²) in [7, 11) is -4.52. The van der Waals surface area contributed by atoms with E-state index >= 15 is 0 Å². The molecule has 0 N–H and O–H groups in total. The summed E-state index contributed by atoms with van der Waals surface area (Å²) in [6.07, 6.45) is 16.4. The summed E-state index contributed by atoms with van der Waals surface area (Å²) in [4.78, 5) is 0. The molecule has 134 valence electrons. The Kier molecular flexibility index (Phi) is 14.4. The molecule has 0 aliphatic carbocycles. The molecule has 0 heterocycles. The molecule has 0 bridgehead atoms. The molecule has 22 heavy (non-hydrogen) atoms. The minimum atomic E-state index is -4.52. The summed E-state index contributed by atoms with van der Waals surface area (Å²) in [5, 5.41) is 0. The van der Waals surface area contributed by atoms with Crippen LogP contribution in [-0.2, 0) is 14.6 Å². The molecule has 0 aliphatic heterocycles. The zero-order chi connectivity index (χ0) is 16.7. The molecule has 0 radical (unpaired) electrons. The zero-order valence-electron chi connectivity index (χ0n) is 14.5. The van der Waals surface area contributed by atoms with Crippen molar-refractivity contribution in [2.75, 3.05) is 6.61 Å². The summed E-state index contributed by atoms with van der Waals surface area (Å²) in [6.45, 7) is 4.35. The third kappa shape index (κ3) is 17.9. The molecule has 1 unspecified atom stereocenters. The molecule has 0 aliphatic rings. The molecule has 0 aromatic heterocycles. The second kappa shape index (κ2) is 14.5. The van der Waals surface area contributed by atoms with E-state index in [1.807, 2.05) is 0 Å². The van der Waals surface area contributed by atoms with Gasteiger partial charge >= 0.3 is 0 Å². The lowest BCUT2D eigenvalue weighted by atomic mass is 9.99. The molecule has 0 saturated carbocycles. The van der Waals surface area contributed by atoms with Crippen LogP contribution in [0.3, 0.4) is 0 Å². The molecule has 0 amide bonds. The van der Waals surface area contributed by atoms with Gasteiger partial charge in [-0.1, -0.05) is 90.9 Å². The fourth-order valence-corrected chi connectivity index (χ4v) is 2.95. The van der Waals surface area contributed by atoms with Crippen LogP contribution in [0.2, 0.25) is 0 Å². The molecule has 4 nitrogen and oxygen atoms in total. The van der Waals surface area contributed by atoms with Crippen LogP contribution in [0, 0.1) is 5.92 Å². The molecule has 0 saturated heterocycles. The van der Waals surface area contributed by atoms with E-state index in [9.17, 15) is 13.0 Å².